The van der Waals surface area contributed by atoms with Crippen molar-refractivity contribution >= 4 is 40.2 Å². The molecule has 4 aromatic rings. The SMILES string of the molecule is COC(=O)c1ccc(CSc2nc3cc(Cl)ccc3c(=O)n2-c2ccccc2OC)o1. The minimum atomic E-state index is -0.555. The number of benzene rings is 2. The summed E-state index contributed by atoms with van der Waals surface area (Å²) in [6.07, 6.45) is 0. The predicted molar refractivity (Wildman–Crippen MR) is 119 cm³/mol. The zero-order chi connectivity index (χ0) is 22.0. The summed E-state index contributed by atoms with van der Waals surface area (Å²) in [5.74, 6) is 0.967. The van der Waals surface area contributed by atoms with Gasteiger partial charge in [0.2, 0.25) is 5.76 Å². The maximum Gasteiger partial charge on any atom is 0.373 e. The van der Waals surface area contributed by atoms with Crippen LogP contribution in [0.2, 0.25) is 5.02 Å². The maximum atomic E-state index is 13.4. The lowest BCUT2D eigenvalue weighted by molar-refractivity contribution is 0.0563. The maximum absolute atomic E-state index is 13.4. The summed E-state index contributed by atoms with van der Waals surface area (Å²) in [6.45, 7) is 0. The largest absolute Gasteiger partial charge is 0.495 e. The van der Waals surface area contributed by atoms with E-state index in [1.807, 2.05) is 12.1 Å². The van der Waals surface area contributed by atoms with Crippen LogP contribution in [0, 0.1) is 0 Å². The van der Waals surface area contributed by atoms with E-state index in [1.165, 1.54) is 23.4 Å². The van der Waals surface area contributed by atoms with Crippen molar-refractivity contribution in [1.82, 2.24) is 9.55 Å². The zero-order valence-electron chi connectivity index (χ0n) is 16.6. The van der Waals surface area contributed by atoms with E-state index in [4.69, 9.17) is 20.8 Å². The molecule has 0 unspecified atom stereocenters. The smallest absolute Gasteiger partial charge is 0.373 e. The number of hydrogen-bond donors (Lipinski definition) is 0. The lowest BCUT2D eigenvalue weighted by Crippen LogP contribution is -2.22. The van der Waals surface area contributed by atoms with Crippen molar-refractivity contribution in [2.75, 3.05) is 14.2 Å². The van der Waals surface area contributed by atoms with E-state index < -0.39 is 5.97 Å². The van der Waals surface area contributed by atoms with Gasteiger partial charge >= 0.3 is 5.97 Å². The molecule has 4 rings (SSSR count). The van der Waals surface area contributed by atoms with E-state index in [9.17, 15) is 9.59 Å². The second kappa shape index (κ2) is 8.87. The standard InChI is InChI=1S/C22H17ClN2O5S/c1-28-18-6-4-3-5-17(18)25-20(26)15-9-7-13(23)11-16(15)24-22(25)31-12-14-8-10-19(30-14)21(27)29-2/h3-11H,12H2,1-2H3. The lowest BCUT2D eigenvalue weighted by Gasteiger charge is -2.15. The average molecular weight is 457 g/mol. The number of furan rings is 1. The summed E-state index contributed by atoms with van der Waals surface area (Å²) in [5, 5.41) is 1.35. The molecule has 0 saturated heterocycles. The van der Waals surface area contributed by atoms with Gasteiger partial charge in [0.15, 0.2) is 5.16 Å². The molecule has 158 valence electrons. The Morgan fingerprint density at radius 2 is 1.97 bits per heavy atom. The second-order valence-electron chi connectivity index (χ2n) is 6.41. The molecule has 0 spiro atoms. The monoisotopic (exact) mass is 456 g/mol. The van der Waals surface area contributed by atoms with Crippen LogP contribution >= 0.6 is 23.4 Å². The minimum Gasteiger partial charge on any atom is -0.495 e. The van der Waals surface area contributed by atoms with Gasteiger partial charge in [-0.05, 0) is 42.5 Å². The topological polar surface area (TPSA) is 83.6 Å². The molecule has 0 amide bonds. The number of nitrogens with zero attached hydrogens (tertiary/aromatic N) is 2. The molecule has 0 atom stereocenters. The third kappa shape index (κ3) is 4.17. The molecule has 9 heteroatoms. The minimum absolute atomic E-state index is 0.110. The number of hydrogen-bond acceptors (Lipinski definition) is 7. The molecule has 0 bridgehead atoms. The Morgan fingerprint density at radius 1 is 1.16 bits per heavy atom. The first-order valence-electron chi connectivity index (χ1n) is 9.17. The van der Waals surface area contributed by atoms with Crippen molar-refractivity contribution in [1.29, 1.82) is 0 Å². The fraction of sp³-hybridized carbons (Fsp3) is 0.136. The number of ether oxygens (including phenoxy) is 2. The Hall–Kier alpha value is -3.23. The van der Waals surface area contributed by atoms with Crippen LogP contribution in [0.25, 0.3) is 16.6 Å². The van der Waals surface area contributed by atoms with E-state index in [-0.39, 0.29) is 11.3 Å². The molecule has 0 aliphatic carbocycles. The summed E-state index contributed by atoms with van der Waals surface area (Å²) in [5.41, 5.74) is 0.806. The van der Waals surface area contributed by atoms with Crippen molar-refractivity contribution < 1.29 is 18.7 Å². The van der Waals surface area contributed by atoms with Crippen LogP contribution in [0.5, 0.6) is 5.75 Å². The number of para-hydroxylation sites is 2. The van der Waals surface area contributed by atoms with Gasteiger partial charge in [-0.25, -0.2) is 9.78 Å². The molecular formula is C22H17ClN2O5S. The molecule has 0 fully saturated rings. The molecule has 0 aliphatic heterocycles. The van der Waals surface area contributed by atoms with Crippen molar-refractivity contribution in [2.45, 2.75) is 10.9 Å². The quantitative estimate of drug-likeness (QED) is 0.236. The first kappa shape index (κ1) is 21.0. The van der Waals surface area contributed by atoms with E-state index >= 15 is 0 Å². The first-order valence-corrected chi connectivity index (χ1v) is 10.5. The molecule has 0 aliphatic rings. The summed E-state index contributed by atoms with van der Waals surface area (Å²) in [6, 6.07) is 15.4. The third-order valence-corrected chi connectivity index (χ3v) is 5.71. The fourth-order valence-electron chi connectivity index (χ4n) is 3.06. The summed E-state index contributed by atoms with van der Waals surface area (Å²) in [7, 11) is 2.83. The number of carbonyl (C=O) groups excluding carboxylic acids is 1. The fourth-order valence-corrected chi connectivity index (χ4v) is 4.13. The van der Waals surface area contributed by atoms with Crippen LogP contribution in [0.3, 0.4) is 0 Å². The Kier molecular flexibility index (Phi) is 6.01. The van der Waals surface area contributed by atoms with Crippen molar-refractivity contribution in [3.63, 3.8) is 0 Å². The molecule has 0 N–H and O–H groups in total. The van der Waals surface area contributed by atoms with Crippen LogP contribution in [0.15, 0.2) is 69.0 Å². The van der Waals surface area contributed by atoms with Crippen LogP contribution in [0.1, 0.15) is 16.3 Å². The van der Waals surface area contributed by atoms with Gasteiger partial charge < -0.3 is 13.9 Å². The summed E-state index contributed by atoms with van der Waals surface area (Å²) in [4.78, 5) is 29.7. The van der Waals surface area contributed by atoms with E-state index in [0.717, 1.165) is 0 Å². The van der Waals surface area contributed by atoms with Gasteiger partial charge in [-0.2, -0.15) is 0 Å². The molecular weight excluding hydrogens is 440 g/mol. The number of esters is 1. The van der Waals surface area contributed by atoms with E-state index in [1.54, 1.807) is 49.6 Å². The molecule has 2 aromatic heterocycles. The Morgan fingerprint density at radius 3 is 2.74 bits per heavy atom. The van der Waals surface area contributed by atoms with Crippen molar-refractivity contribution in [3.8, 4) is 11.4 Å². The lowest BCUT2D eigenvalue weighted by atomic mass is 10.2. The highest BCUT2D eigenvalue weighted by atomic mass is 35.5. The predicted octanol–water partition coefficient (Wildman–Crippen LogP) is 4.72. The van der Waals surface area contributed by atoms with Gasteiger partial charge in [-0.3, -0.25) is 9.36 Å². The number of aromatic nitrogens is 2. The molecule has 0 radical (unpaired) electrons. The number of carbonyl (C=O) groups is 1. The highest BCUT2D eigenvalue weighted by Gasteiger charge is 2.18. The average Bonchev–Trinajstić information content (AvgIpc) is 3.26. The van der Waals surface area contributed by atoms with Crippen LogP contribution < -0.4 is 10.3 Å². The Balaban J connectivity index is 1.81. The summed E-state index contributed by atoms with van der Waals surface area (Å²) < 4.78 is 17.2. The van der Waals surface area contributed by atoms with Crippen LogP contribution in [-0.4, -0.2) is 29.7 Å². The molecule has 2 heterocycles. The van der Waals surface area contributed by atoms with Crippen LogP contribution in [0.4, 0.5) is 0 Å². The second-order valence-corrected chi connectivity index (χ2v) is 7.79. The molecule has 0 saturated carbocycles. The number of halogens is 1. The van der Waals surface area contributed by atoms with Gasteiger partial charge in [0.25, 0.3) is 5.56 Å². The number of thioether (sulfide) groups is 1. The number of methoxy groups -OCH3 is 2. The van der Waals surface area contributed by atoms with Gasteiger partial charge in [-0.15, -0.1) is 0 Å². The van der Waals surface area contributed by atoms with Crippen molar-refractivity contribution in [2.24, 2.45) is 0 Å². The van der Waals surface area contributed by atoms with Gasteiger partial charge in [-0.1, -0.05) is 35.5 Å². The van der Waals surface area contributed by atoms with E-state index in [0.29, 0.717) is 44.0 Å². The highest BCUT2D eigenvalue weighted by Crippen LogP contribution is 2.29. The third-order valence-electron chi connectivity index (χ3n) is 4.52. The molecule has 7 nitrogen and oxygen atoms in total. The Bertz CT molecular complexity index is 1330. The summed E-state index contributed by atoms with van der Waals surface area (Å²) >= 11 is 7.40. The Labute approximate surface area is 186 Å². The van der Waals surface area contributed by atoms with Gasteiger partial charge in [0, 0.05) is 5.02 Å². The normalized spacial score (nSPS) is 10.9. The zero-order valence-corrected chi connectivity index (χ0v) is 18.2. The number of rotatable bonds is 6. The van der Waals surface area contributed by atoms with E-state index in [2.05, 4.69) is 9.72 Å². The van der Waals surface area contributed by atoms with Gasteiger partial charge in [0.05, 0.1) is 36.6 Å². The van der Waals surface area contributed by atoms with Crippen molar-refractivity contribution in [3.05, 3.63) is 81.5 Å². The van der Waals surface area contributed by atoms with Crippen LogP contribution in [-0.2, 0) is 10.5 Å². The van der Waals surface area contributed by atoms with Gasteiger partial charge in [0.1, 0.15) is 11.5 Å². The number of fused-ring (bicyclic) bond motifs is 1. The highest BCUT2D eigenvalue weighted by molar-refractivity contribution is 7.98. The molecule has 2 aromatic carbocycles. The molecule has 31 heavy (non-hydrogen) atoms. The first-order chi connectivity index (χ1) is 15.0.